The summed E-state index contributed by atoms with van der Waals surface area (Å²) in [6.07, 6.45) is 4.27. The molecule has 1 saturated heterocycles. The van der Waals surface area contributed by atoms with Gasteiger partial charge in [-0.1, -0.05) is 19.9 Å². The third-order valence-corrected chi connectivity index (χ3v) is 5.64. The minimum atomic E-state index is -0.0647. The van der Waals surface area contributed by atoms with Crippen molar-refractivity contribution in [1.82, 2.24) is 15.2 Å². The maximum Gasteiger partial charge on any atom is 0.224 e. The van der Waals surface area contributed by atoms with Crippen LogP contribution in [0.3, 0.4) is 0 Å². The molecule has 1 aromatic heterocycles. The van der Waals surface area contributed by atoms with Crippen LogP contribution in [0.1, 0.15) is 25.8 Å². The fourth-order valence-corrected chi connectivity index (χ4v) is 4.25. The number of nitrogens with zero attached hydrogens (tertiary/aromatic N) is 2. The molecule has 7 nitrogen and oxygen atoms in total. The van der Waals surface area contributed by atoms with Crippen LogP contribution in [0.15, 0.2) is 42.7 Å². The van der Waals surface area contributed by atoms with Crippen LogP contribution in [-0.4, -0.2) is 56.3 Å². The monoisotopic (exact) mass is 441 g/mol. The molecule has 1 aromatic carbocycles. The predicted octanol–water partition coefficient (Wildman–Crippen LogP) is 3.39. The summed E-state index contributed by atoms with van der Waals surface area (Å²) in [6, 6.07) is 9.48. The van der Waals surface area contributed by atoms with E-state index in [2.05, 4.69) is 29.0 Å². The van der Waals surface area contributed by atoms with Crippen molar-refractivity contribution in [3.8, 4) is 17.2 Å². The third-order valence-electron chi connectivity index (χ3n) is 5.64. The van der Waals surface area contributed by atoms with E-state index in [4.69, 9.17) is 14.2 Å². The molecular weight excluding hydrogens is 406 g/mol. The molecule has 0 radical (unpaired) electrons. The highest BCUT2D eigenvalue weighted by Crippen LogP contribution is 2.28. The number of carbonyl (C=O) groups excluding carboxylic acids is 1. The maximum atomic E-state index is 13.1. The second-order valence-electron chi connectivity index (χ2n) is 8.82. The zero-order valence-corrected chi connectivity index (χ0v) is 19.5. The predicted molar refractivity (Wildman–Crippen MR) is 124 cm³/mol. The minimum absolute atomic E-state index is 0.0647. The molecule has 2 aromatic rings. The molecule has 2 atom stereocenters. The fourth-order valence-electron chi connectivity index (χ4n) is 4.25. The minimum Gasteiger partial charge on any atom is -0.493 e. The van der Waals surface area contributed by atoms with E-state index < -0.39 is 0 Å². The Morgan fingerprint density at radius 2 is 2.00 bits per heavy atom. The summed E-state index contributed by atoms with van der Waals surface area (Å²) < 4.78 is 16.6. The number of carbonyl (C=O) groups is 1. The van der Waals surface area contributed by atoms with Crippen molar-refractivity contribution in [2.45, 2.75) is 26.8 Å². The van der Waals surface area contributed by atoms with Crippen LogP contribution in [0.5, 0.6) is 17.2 Å². The standard InChI is InChI=1S/C25H35N3O4/c1-18(2)14-28-15-20(17-32-22-6-5-9-26-13-22)10-21(16-28)25(29)27-12-19-7-8-23(30-3)24(11-19)31-4/h5-9,11,13,18,20-21H,10,12,14-17H2,1-4H3,(H,27,29)/t20-,21+/m0/s1. The van der Waals surface area contributed by atoms with E-state index >= 15 is 0 Å². The topological polar surface area (TPSA) is 72.9 Å². The van der Waals surface area contributed by atoms with Gasteiger partial charge in [0.2, 0.25) is 5.91 Å². The number of hydrogen-bond donors (Lipinski definition) is 1. The second-order valence-corrected chi connectivity index (χ2v) is 8.82. The molecule has 0 aliphatic carbocycles. The van der Waals surface area contributed by atoms with Crippen LogP contribution in [0, 0.1) is 17.8 Å². The summed E-state index contributed by atoms with van der Waals surface area (Å²) >= 11 is 0. The highest BCUT2D eigenvalue weighted by Gasteiger charge is 2.32. The number of rotatable bonds is 10. The van der Waals surface area contributed by atoms with Crippen molar-refractivity contribution in [2.24, 2.45) is 17.8 Å². The van der Waals surface area contributed by atoms with Crippen LogP contribution in [0.2, 0.25) is 0 Å². The second kappa shape index (κ2) is 11.7. The van der Waals surface area contributed by atoms with Crippen molar-refractivity contribution in [3.05, 3.63) is 48.3 Å². The molecule has 32 heavy (non-hydrogen) atoms. The summed E-state index contributed by atoms with van der Waals surface area (Å²) in [5.41, 5.74) is 0.974. The number of likely N-dealkylation sites (tertiary alicyclic amines) is 1. The highest BCUT2D eigenvalue weighted by molar-refractivity contribution is 5.79. The van der Waals surface area contributed by atoms with Crippen LogP contribution >= 0.6 is 0 Å². The van der Waals surface area contributed by atoms with Gasteiger partial charge in [0.05, 0.1) is 32.9 Å². The van der Waals surface area contributed by atoms with Gasteiger partial charge in [0.25, 0.3) is 0 Å². The van der Waals surface area contributed by atoms with Gasteiger partial charge < -0.3 is 24.4 Å². The van der Waals surface area contributed by atoms with Crippen molar-refractivity contribution in [3.63, 3.8) is 0 Å². The van der Waals surface area contributed by atoms with Crippen LogP contribution in [0.4, 0.5) is 0 Å². The molecule has 7 heteroatoms. The molecule has 0 unspecified atom stereocenters. The van der Waals surface area contributed by atoms with Gasteiger partial charge in [-0.05, 0) is 42.2 Å². The lowest BCUT2D eigenvalue weighted by Crippen LogP contribution is -2.48. The molecule has 0 saturated carbocycles. The average Bonchev–Trinajstić information content (AvgIpc) is 2.81. The van der Waals surface area contributed by atoms with E-state index in [1.807, 2.05) is 30.3 Å². The Kier molecular flexibility index (Phi) is 8.73. The quantitative estimate of drug-likeness (QED) is 0.609. The van der Waals surface area contributed by atoms with Crippen molar-refractivity contribution in [2.75, 3.05) is 40.5 Å². The number of nitrogens with one attached hydrogen (secondary N) is 1. The number of aromatic nitrogens is 1. The molecule has 1 amide bonds. The summed E-state index contributed by atoms with van der Waals surface area (Å²) in [6.45, 7) is 8.15. The Bertz CT molecular complexity index is 860. The SMILES string of the molecule is COc1ccc(CNC(=O)[C@@H]2C[C@H](COc3cccnc3)CN(CC(C)C)C2)cc1OC. The number of methoxy groups -OCH3 is 2. The number of pyridine rings is 1. The molecule has 1 aliphatic rings. The van der Waals surface area contributed by atoms with E-state index in [9.17, 15) is 4.79 Å². The van der Waals surface area contributed by atoms with Gasteiger partial charge in [0.1, 0.15) is 5.75 Å². The van der Waals surface area contributed by atoms with E-state index in [1.54, 1.807) is 26.6 Å². The van der Waals surface area contributed by atoms with E-state index in [0.717, 1.165) is 37.4 Å². The van der Waals surface area contributed by atoms with Gasteiger partial charge in [-0.25, -0.2) is 0 Å². The first-order valence-corrected chi connectivity index (χ1v) is 11.2. The molecule has 2 heterocycles. The number of ether oxygens (including phenoxy) is 3. The third kappa shape index (κ3) is 6.85. The van der Waals surface area contributed by atoms with Crippen molar-refractivity contribution in [1.29, 1.82) is 0 Å². The summed E-state index contributed by atoms with van der Waals surface area (Å²) in [5, 5.41) is 3.11. The van der Waals surface area contributed by atoms with Gasteiger partial charge in [0, 0.05) is 38.3 Å². The summed E-state index contributed by atoms with van der Waals surface area (Å²) in [4.78, 5) is 19.6. The lowest BCUT2D eigenvalue weighted by atomic mass is 9.88. The maximum absolute atomic E-state index is 13.1. The Balaban J connectivity index is 1.60. The Labute approximate surface area is 191 Å². The first-order valence-electron chi connectivity index (χ1n) is 11.2. The Morgan fingerprint density at radius 3 is 2.69 bits per heavy atom. The molecular formula is C25H35N3O4. The van der Waals surface area contributed by atoms with Gasteiger partial charge >= 0.3 is 0 Å². The first kappa shape index (κ1) is 23.9. The fraction of sp³-hybridized carbons (Fsp3) is 0.520. The van der Waals surface area contributed by atoms with E-state index in [0.29, 0.717) is 36.5 Å². The van der Waals surface area contributed by atoms with Gasteiger partial charge in [-0.15, -0.1) is 0 Å². The van der Waals surface area contributed by atoms with Crippen LogP contribution in [-0.2, 0) is 11.3 Å². The summed E-state index contributed by atoms with van der Waals surface area (Å²) in [5.74, 6) is 2.96. The zero-order chi connectivity index (χ0) is 22.9. The van der Waals surface area contributed by atoms with E-state index in [1.165, 1.54) is 0 Å². The Hall–Kier alpha value is -2.80. The van der Waals surface area contributed by atoms with Gasteiger partial charge in [-0.3, -0.25) is 9.78 Å². The molecule has 174 valence electrons. The number of benzene rings is 1. The molecule has 1 fully saturated rings. The number of piperidine rings is 1. The lowest BCUT2D eigenvalue weighted by molar-refractivity contribution is -0.128. The van der Waals surface area contributed by atoms with Crippen molar-refractivity contribution < 1.29 is 19.0 Å². The molecule has 0 spiro atoms. The smallest absolute Gasteiger partial charge is 0.224 e. The van der Waals surface area contributed by atoms with E-state index in [-0.39, 0.29) is 11.8 Å². The molecule has 3 rings (SSSR count). The normalized spacial score (nSPS) is 18.9. The van der Waals surface area contributed by atoms with Gasteiger partial charge in [0.15, 0.2) is 11.5 Å². The highest BCUT2D eigenvalue weighted by atomic mass is 16.5. The lowest BCUT2D eigenvalue weighted by Gasteiger charge is -2.37. The molecule has 0 bridgehead atoms. The largest absolute Gasteiger partial charge is 0.493 e. The first-order chi connectivity index (χ1) is 15.5. The van der Waals surface area contributed by atoms with Gasteiger partial charge in [-0.2, -0.15) is 0 Å². The molecule has 1 aliphatic heterocycles. The van der Waals surface area contributed by atoms with Crippen molar-refractivity contribution >= 4 is 5.91 Å². The zero-order valence-electron chi connectivity index (χ0n) is 19.5. The average molecular weight is 442 g/mol. The number of hydrogen-bond acceptors (Lipinski definition) is 6. The number of amides is 1. The van der Waals surface area contributed by atoms with Crippen LogP contribution < -0.4 is 19.5 Å². The Morgan fingerprint density at radius 1 is 1.19 bits per heavy atom. The molecule has 1 N–H and O–H groups in total. The summed E-state index contributed by atoms with van der Waals surface area (Å²) in [7, 11) is 3.22. The van der Waals surface area contributed by atoms with Crippen LogP contribution in [0.25, 0.3) is 0 Å².